The van der Waals surface area contributed by atoms with Crippen molar-refractivity contribution in [3.8, 4) is 0 Å². The van der Waals surface area contributed by atoms with E-state index in [0.717, 1.165) is 32.5 Å². The maximum absolute atomic E-state index is 5.56. The van der Waals surface area contributed by atoms with E-state index in [1.54, 1.807) is 11.3 Å². The van der Waals surface area contributed by atoms with Crippen LogP contribution in [0.3, 0.4) is 0 Å². The van der Waals surface area contributed by atoms with Crippen LogP contribution in [-0.2, 0) is 16.6 Å². The third-order valence-corrected chi connectivity index (χ3v) is 3.98. The van der Waals surface area contributed by atoms with Crippen LogP contribution >= 0.6 is 11.3 Å². The number of aromatic nitrogens is 1. The van der Waals surface area contributed by atoms with E-state index >= 15 is 0 Å². The molecule has 0 saturated heterocycles. The second-order valence-corrected chi connectivity index (χ2v) is 6.91. The minimum atomic E-state index is 0.147. The topological polar surface area (TPSA) is 34.1 Å². The van der Waals surface area contributed by atoms with Crippen molar-refractivity contribution in [2.45, 2.75) is 58.4 Å². The molecule has 0 amide bonds. The standard InChI is InChI=1S/C15H28N2OS/c1-6-8-18-9-7-12(16-5)10-14-17-13(11-19-14)15(2,3)4/h11-12,16H,6-10H2,1-5H3. The highest BCUT2D eigenvalue weighted by Gasteiger charge is 2.18. The molecule has 1 atom stereocenters. The maximum Gasteiger partial charge on any atom is 0.0944 e. The molecule has 0 spiro atoms. The number of ether oxygens (including phenoxy) is 1. The minimum absolute atomic E-state index is 0.147. The van der Waals surface area contributed by atoms with E-state index in [9.17, 15) is 0 Å². The number of hydrogen-bond acceptors (Lipinski definition) is 4. The van der Waals surface area contributed by atoms with Gasteiger partial charge in [-0.05, 0) is 19.9 Å². The third-order valence-electron chi connectivity index (χ3n) is 3.11. The van der Waals surface area contributed by atoms with Gasteiger partial charge in [0, 0.05) is 36.5 Å². The van der Waals surface area contributed by atoms with E-state index in [1.165, 1.54) is 10.7 Å². The van der Waals surface area contributed by atoms with E-state index in [2.05, 4.69) is 38.4 Å². The molecule has 0 bridgehead atoms. The fourth-order valence-electron chi connectivity index (χ4n) is 1.78. The van der Waals surface area contributed by atoms with Crippen molar-refractivity contribution < 1.29 is 4.74 Å². The summed E-state index contributed by atoms with van der Waals surface area (Å²) in [5, 5.41) is 6.77. The van der Waals surface area contributed by atoms with Crippen molar-refractivity contribution in [3.63, 3.8) is 0 Å². The highest BCUT2D eigenvalue weighted by molar-refractivity contribution is 7.09. The van der Waals surface area contributed by atoms with E-state index < -0.39 is 0 Å². The van der Waals surface area contributed by atoms with E-state index in [0.29, 0.717) is 6.04 Å². The van der Waals surface area contributed by atoms with Crippen LogP contribution in [-0.4, -0.2) is 31.3 Å². The average Bonchev–Trinajstić information content (AvgIpc) is 2.81. The first-order valence-corrected chi connectivity index (χ1v) is 8.05. The Balaban J connectivity index is 2.45. The Morgan fingerprint density at radius 3 is 2.63 bits per heavy atom. The highest BCUT2D eigenvalue weighted by Crippen LogP contribution is 2.24. The molecule has 1 heterocycles. The number of likely N-dealkylation sites (N-methyl/N-ethyl adjacent to an activating group) is 1. The molecular weight excluding hydrogens is 256 g/mol. The lowest BCUT2D eigenvalue weighted by Gasteiger charge is -2.16. The first-order valence-electron chi connectivity index (χ1n) is 7.17. The summed E-state index contributed by atoms with van der Waals surface area (Å²) in [5.74, 6) is 0. The molecule has 0 saturated carbocycles. The monoisotopic (exact) mass is 284 g/mol. The lowest BCUT2D eigenvalue weighted by atomic mass is 9.93. The Bertz CT molecular complexity index is 357. The molecule has 1 rings (SSSR count). The normalized spacial score (nSPS) is 13.7. The summed E-state index contributed by atoms with van der Waals surface area (Å²) < 4.78 is 5.56. The molecule has 1 aromatic rings. The fraction of sp³-hybridized carbons (Fsp3) is 0.800. The van der Waals surface area contributed by atoms with Crippen molar-refractivity contribution in [1.29, 1.82) is 0 Å². The molecular formula is C15H28N2OS. The second kappa shape index (κ2) is 7.98. The first kappa shape index (κ1) is 16.6. The maximum atomic E-state index is 5.56. The van der Waals surface area contributed by atoms with Crippen LogP contribution in [0, 0.1) is 0 Å². The van der Waals surface area contributed by atoms with E-state index in [4.69, 9.17) is 9.72 Å². The largest absolute Gasteiger partial charge is 0.381 e. The molecule has 0 aliphatic rings. The highest BCUT2D eigenvalue weighted by atomic mass is 32.1. The molecule has 3 nitrogen and oxygen atoms in total. The van der Waals surface area contributed by atoms with Gasteiger partial charge in [0.1, 0.15) is 0 Å². The van der Waals surface area contributed by atoms with Crippen LogP contribution in [0.1, 0.15) is 51.2 Å². The summed E-state index contributed by atoms with van der Waals surface area (Å²) in [7, 11) is 2.02. The third kappa shape index (κ3) is 6.02. The summed E-state index contributed by atoms with van der Waals surface area (Å²) in [5.41, 5.74) is 1.35. The van der Waals surface area contributed by atoms with Gasteiger partial charge in [0.2, 0.25) is 0 Å². The number of rotatable bonds is 8. The van der Waals surface area contributed by atoms with Crippen molar-refractivity contribution in [1.82, 2.24) is 10.3 Å². The molecule has 1 aromatic heterocycles. The molecule has 0 aliphatic carbocycles. The Kier molecular flexibility index (Phi) is 6.97. The summed E-state index contributed by atoms with van der Waals surface area (Å²) in [4.78, 5) is 4.75. The van der Waals surface area contributed by atoms with Gasteiger partial charge in [-0.3, -0.25) is 0 Å². The molecule has 1 N–H and O–H groups in total. The Morgan fingerprint density at radius 1 is 1.37 bits per heavy atom. The molecule has 0 fully saturated rings. The summed E-state index contributed by atoms with van der Waals surface area (Å²) in [6.45, 7) is 10.5. The molecule has 1 unspecified atom stereocenters. The van der Waals surface area contributed by atoms with Crippen LogP contribution in [0.4, 0.5) is 0 Å². The van der Waals surface area contributed by atoms with Crippen molar-refractivity contribution in [3.05, 3.63) is 16.1 Å². The quantitative estimate of drug-likeness (QED) is 0.743. The number of hydrogen-bond donors (Lipinski definition) is 1. The van der Waals surface area contributed by atoms with Crippen molar-refractivity contribution in [2.75, 3.05) is 20.3 Å². The van der Waals surface area contributed by atoms with Crippen molar-refractivity contribution >= 4 is 11.3 Å². The Labute approximate surface area is 121 Å². The van der Waals surface area contributed by atoms with E-state index in [-0.39, 0.29) is 5.41 Å². The molecule has 0 aromatic carbocycles. The molecule has 19 heavy (non-hydrogen) atoms. The molecule has 0 aliphatic heterocycles. The zero-order valence-corrected chi connectivity index (χ0v) is 13.8. The van der Waals surface area contributed by atoms with Gasteiger partial charge in [-0.25, -0.2) is 4.98 Å². The van der Waals surface area contributed by atoms with Gasteiger partial charge < -0.3 is 10.1 Å². The molecule has 4 heteroatoms. The summed E-state index contributed by atoms with van der Waals surface area (Å²) in [6.07, 6.45) is 3.12. The first-order chi connectivity index (χ1) is 8.97. The lowest BCUT2D eigenvalue weighted by Crippen LogP contribution is -2.29. The van der Waals surface area contributed by atoms with E-state index in [1.807, 2.05) is 7.05 Å². The predicted octanol–water partition coefficient (Wildman–Crippen LogP) is 3.39. The summed E-state index contributed by atoms with van der Waals surface area (Å²) in [6, 6.07) is 0.454. The SMILES string of the molecule is CCCOCCC(Cc1nc(C(C)(C)C)cs1)NC. The number of thiazole rings is 1. The number of nitrogens with zero attached hydrogens (tertiary/aromatic N) is 1. The zero-order valence-electron chi connectivity index (χ0n) is 13.0. The fourth-order valence-corrected chi connectivity index (χ4v) is 2.88. The predicted molar refractivity (Wildman–Crippen MR) is 83.1 cm³/mol. The van der Waals surface area contributed by atoms with Gasteiger partial charge in [-0.2, -0.15) is 0 Å². The molecule has 0 radical (unpaired) electrons. The van der Waals surface area contributed by atoms with Crippen molar-refractivity contribution in [2.24, 2.45) is 0 Å². The lowest BCUT2D eigenvalue weighted by molar-refractivity contribution is 0.125. The van der Waals surface area contributed by atoms with Crippen LogP contribution in [0.2, 0.25) is 0 Å². The molecule has 110 valence electrons. The average molecular weight is 284 g/mol. The van der Waals surface area contributed by atoms with Crippen LogP contribution < -0.4 is 5.32 Å². The van der Waals surface area contributed by atoms with Gasteiger partial charge >= 0.3 is 0 Å². The number of nitrogens with one attached hydrogen (secondary N) is 1. The summed E-state index contributed by atoms with van der Waals surface area (Å²) >= 11 is 1.77. The second-order valence-electron chi connectivity index (χ2n) is 5.97. The van der Waals surface area contributed by atoms with Crippen LogP contribution in [0.5, 0.6) is 0 Å². The minimum Gasteiger partial charge on any atom is -0.381 e. The Hall–Kier alpha value is -0.450. The van der Waals surface area contributed by atoms with Crippen LogP contribution in [0.25, 0.3) is 0 Å². The smallest absolute Gasteiger partial charge is 0.0944 e. The van der Waals surface area contributed by atoms with Gasteiger partial charge in [-0.1, -0.05) is 27.7 Å². The van der Waals surface area contributed by atoms with Gasteiger partial charge in [0.05, 0.1) is 10.7 Å². The zero-order chi connectivity index (χ0) is 14.3. The van der Waals surface area contributed by atoms with Crippen LogP contribution in [0.15, 0.2) is 5.38 Å². The van der Waals surface area contributed by atoms with Gasteiger partial charge in [0.15, 0.2) is 0 Å². The van der Waals surface area contributed by atoms with Gasteiger partial charge in [0.25, 0.3) is 0 Å². The Morgan fingerprint density at radius 2 is 2.11 bits per heavy atom. The van der Waals surface area contributed by atoms with Gasteiger partial charge in [-0.15, -0.1) is 11.3 Å².